The Hall–Kier alpha value is -1.46. The first-order valence-corrected chi connectivity index (χ1v) is 8.73. The molecule has 5 heteroatoms. The van der Waals surface area contributed by atoms with E-state index in [1.54, 1.807) is 0 Å². The van der Waals surface area contributed by atoms with Gasteiger partial charge in [-0.2, -0.15) is 0 Å². The molecular formula is C19H33NO4. The Balaban J connectivity index is 2.38. The number of rotatable bonds is 10. The molecule has 138 valence electrons. The fourth-order valence-corrected chi connectivity index (χ4v) is 2.68. The van der Waals surface area contributed by atoms with Crippen molar-refractivity contribution in [2.24, 2.45) is 5.92 Å². The normalized spacial score (nSPS) is 13.4. The van der Waals surface area contributed by atoms with E-state index in [1.165, 1.54) is 12.1 Å². The third-order valence-electron chi connectivity index (χ3n) is 4.14. The molecule has 0 saturated carbocycles. The Bertz CT molecular complexity index is 514. The summed E-state index contributed by atoms with van der Waals surface area (Å²) in [6.07, 6.45) is 3.19. The lowest BCUT2D eigenvalue weighted by Crippen LogP contribution is -2.30. The molecule has 0 aliphatic rings. The quantitative estimate of drug-likeness (QED) is 0.297. The molecule has 1 atom stereocenters. The van der Waals surface area contributed by atoms with Crippen molar-refractivity contribution in [2.45, 2.75) is 71.5 Å². The van der Waals surface area contributed by atoms with Crippen molar-refractivity contribution >= 4 is 5.69 Å². The number of phenolic OH excluding ortho intramolecular Hbond substituents is 2. The van der Waals surface area contributed by atoms with Crippen LogP contribution >= 0.6 is 0 Å². The maximum Gasteiger partial charge on any atom is 0.159 e. The molecule has 0 amide bonds. The highest BCUT2D eigenvalue weighted by atomic mass is 16.5. The molecule has 1 aromatic rings. The van der Waals surface area contributed by atoms with Gasteiger partial charge in [0.25, 0.3) is 0 Å². The van der Waals surface area contributed by atoms with Crippen LogP contribution in [0.5, 0.6) is 11.5 Å². The van der Waals surface area contributed by atoms with Crippen LogP contribution in [0.1, 0.15) is 58.9 Å². The average Bonchev–Trinajstić information content (AvgIpc) is 2.43. The van der Waals surface area contributed by atoms with Gasteiger partial charge in [-0.1, -0.05) is 13.8 Å². The van der Waals surface area contributed by atoms with E-state index in [-0.39, 0.29) is 17.1 Å². The van der Waals surface area contributed by atoms with E-state index in [4.69, 9.17) is 10.5 Å². The molecule has 0 saturated heterocycles. The summed E-state index contributed by atoms with van der Waals surface area (Å²) in [7, 11) is 0. The van der Waals surface area contributed by atoms with Gasteiger partial charge in [-0.3, -0.25) is 0 Å². The number of anilines is 1. The maximum atomic E-state index is 10.2. The summed E-state index contributed by atoms with van der Waals surface area (Å²) in [4.78, 5) is 0. The van der Waals surface area contributed by atoms with E-state index < -0.39 is 6.10 Å². The van der Waals surface area contributed by atoms with E-state index in [0.717, 1.165) is 18.4 Å². The molecule has 0 spiro atoms. The fourth-order valence-electron chi connectivity index (χ4n) is 2.68. The third kappa shape index (κ3) is 7.41. The summed E-state index contributed by atoms with van der Waals surface area (Å²) in [6.45, 7) is 9.05. The van der Waals surface area contributed by atoms with Gasteiger partial charge in [0.1, 0.15) is 0 Å². The zero-order valence-corrected chi connectivity index (χ0v) is 15.4. The highest BCUT2D eigenvalue weighted by Gasteiger charge is 2.22. The largest absolute Gasteiger partial charge is 0.504 e. The monoisotopic (exact) mass is 339 g/mol. The van der Waals surface area contributed by atoms with Crippen LogP contribution in [0.25, 0.3) is 0 Å². The van der Waals surface area contributed by atoms with E-state index in [2.05, 4.69) is 13.8 Å². The van der Waals surface area contributed by atoms with Crippen LogP contribution in [-0.4, -0.2) is 33.6 Å². The molecular weight excluding hydrogens is 306 g/mol. The first kappa shape index (κ1) is 20.6. The van der Waals surface area contributed by atoms with Crippen LogP contribution < -0.4 is 5.73 Å². The Kier molecular flexibility index (Phi) is 7.84. The van der Waals surface area contributed by atoms with Gasteiger partial charge >= 0.3 is 0 Å². The first-order valence-electron chi connectivity index (χ1n) is 8.73. The Morgan fingerprint density at radius 2 is 1.75 bits per heavy atom. The van der Waals surface area contributed by atoms with Crippen LogP contribution in [0.2, 0.25) is 0 Å². The summed E-state index contributed by atoms with van der Waals surface area (Å²) < 4.78 is 5.88. The second-order valence-electron chi connectivity index (χ2n) is 7.58. The van der Waals surface area contributed by atoms with Crippen molar-refractivity contribution in [3.63, 3.8) is 0 Å². The van der Waals surface area contributed by atoms with Crippen LogP contribution in [0.4, 0.5) is 5.69 Å². The van der Waals surface area contributed by atoms with E-state index in [1.807, 2.05) is 13.8 Å². The molecule has 0 aliphatic carbocycles. The van der Waals surface area contributed by atoms with Crippen molar-refractivity contribution in [1.82, 2.24) is 0 Å². The zero-order chi connectivity index (χ0) is 18.3. The summed E-state index contributed by atoms with van der Waals surface area (Å²) in [5, 5.41) is 29.2. The summed E-state index contributed by atoms with van der Waals surface area (Å²) >= 11 is 0. The number of hydrogen-bond donors (Lipinski definition) is 4. The number of aliphatic hydroxyl groups is 1. The minimum atomic E-state index is -0.439. The number of benzene rings is 1. The Labute approximate surface area is 145 Å². The molecule has 5 nitrogen and oxygen atoms in total. The van der Waals surface area contributed by atoms with Crippen LogP contribution in [-0.2, 0) is 11.2 Å². The van der Waals surface area contributed by atoms with Gasteiger partial charge in [-0.05, 0) is 57.1 Å². The number of aliphatic hydroxyl groups excluding tert-OH is 1. The van der Waals surface area contributed by atoms with Crippen LogP contribution in [0.3, 0.4) is 0 Å². The minimum Gasteiger partial charge on any atom is -0.504 e. The van der Waals surface area contributed by atoms with Crippen molar-refractivity contribution in [3.8, 4) is 11.5 Å². The lowest BCUT2D eigenvalue weighted by Gasteiger charge is -2.28. The van der Waals surface area contributed by atoms with Crippen LogP contribution in [0.15, 0.2) is 12.1 Å². The second-order valence-corrected chi connectivity index (χ2v) is 7.58. The second kappa shape index (κ2) is 9.14. The van der Waals surface area contributed by atoms with Gasteiger partial charge < -0.3 is 25.8 Å². The molecule has 1 unspecified atom stereocenters. The number of ether oxygens (including phenoxy) is 1. The van der Waals surface area contributed by atoms with Gasteiger partial charge in [-0.15, -0.1) is 0 Å². The Morgan fingerprint density at radius 3 is 2.38 bits per heavy atom. The average molecular weight is 339 g/mol. The molecule has 1 aromatic carbocycles. The summed E-state index contributed by atoms with van der Waals surface area (Å²) in [5.41, 5.74) is 6.73. The van der Waals surface area contributed by atoms with E-state index in [9.17, 15) is 15.3 Å². The minimum absolute atomic E-state index is 0.167. The molecule has 5 N–H and O–H groups in total. The zero-order valence-electron chi connectivity index (χ0n) is 15.4. The molecule has 1 rings (SSSR count). The number of aryl methyl sites for hydroxylation is 1. The van der Waals surface area contributed by atoms with Gasteiger partial charge in [0.2, 0.25) is 0 Å². The number of aromatic hydroxyl groups is 2. The van der Waals surface area contributed by atoms with Gasteiger partial charge in [-0.25, -0.2) is 0 Å². The summed E-state index contributed by atoms with van der Waals surface area (Å²) in [6, 6.07) is 2.84. The maximum absolute atomic E-state index is 10.2. The van der Waals surface area contributed by atoms with Gasteiger partial charge in [0.15, 0.2) is 11.5 Å². The molecule has 0 bridgehead atoms. The predicted molar refractivity (Wildman–Crippen MR) is 97.2 cm³/mol. The lowest BCUT2D eigenvalue weighted by atomic mass is 9.96. The molecule has 0 aromatic heterocycles. The molecule has 24 heavy (non-hydrogen) atoms. The van der Waals surface area contributed by atoms with Crippen LogP contribution in [0, 0.1) is 5.92 Å². The summed E-state index contributed by atoms with van der Waals surface area (Å²) in [5.74, 6) is 0.230. The standard InChI is InChI=1S/C19H33NO4/c1-13(2)8-9-24-19(3,4)12-15(21)7-5-6-14-10-17(22)18(23)11-16(14)20/h10-11,13,15,21-23H,5-9,12,20H2,1-4H3. The fraction of sp³-hybridized carbons (Fsp3) is 0.684. The third-order valence-corrected chi connectivity index (χ3v) is 4.14. The molecule has 0 fully saturated rings. The number of nitrogens with two attached hydrogens (primary N) is 1. The molecule has 0 heterocycles. The molecule has 0 radical (unpaired) electrons. The van der Waals surface area contributed by atoms with Gasteiger partial charge in [0, 0.05) is 24.8 Å². The number of nitrogen functional groups attached to an aromatic ring is 1. The Morgan fingerprint density at radius 1 is 1.12 bits per heavy atom. The van der Waals surface area contributed by atoms with Gasteiger partial charge in [0.05, 0.1) is 11.7 Å². The lowest BCUT2D eigenvalue weighted by molar-refractivity contribution is -0.0537. The predicted octanol–water partition coefficient (Wildman–Crippen LogP) is 3.60. The van der Waals surface area contributed by atoms with Crippen molar-refractivity contribution < 1.29 is 20.1 Å². The first-order chi connectivity index (χ1) is 11.1. The number of phenols is 2. The number of hydrogen-bond acceptors (Lipinski definition) is 5. The SMILES string of the molecule is CC(C)CCOC(C)(C)CC(O)CCCc1cc(O)c(O)cc1N. The highest BCUT2D eigenvalue weighted by Crippen LogP contribution is 2.31. The molecule has 0 aliphatic heterocycles. The van der Waals surface area contributed by atoms with Crippen molar-refractivity contribution in [3.05, 3.63) is 17.7 Å². The van der Waals surface area contributed by atoms with Crippen molar-refractivity contribution in [1.29, 1.82) is 0 Å². The van der Waals surface area contributed by atoms with E-state index in [0.29, 0.717) is 37.5 Å². The topological polar surface area (TPSA) is 95.9 Å². The highest BCUT2D eigenvalue weighted by molar-refractivity contribution is 5.56. The smallest absolute Gasteiger partial charge is 0.159 e. The van der Waals surface area contributed by atoms with Crippen molar-refractivity contribution in [2.75, 3.05) is 12.3 Å². The van der Waals surface area contributed by atoms with E-state index >= 15 is 0 Å².